The van der Waals surface area contributed by atoms with E-state index in [2.05, 4.69) is 11.1 Å². The number of aldehydes is 1. The summed E-state index contributed by atoms with van der Waals surface area (Å²) in [5, 5.41) is 20.9. The number of fused-ring (bicyclic) bond motifs is 3. The van der Waals surface area contributed by atoms with Crippen LogP contribution in [0, 0.1) is 28.4 Å². The van der Waals surface area contributed by atoms with E-state index in [1.165, 1.54) is 18.2 Å². The lowest BCUT2D eigenvalue weighted by atomic mass is 10.1. The molecule has 0 fully saturated rings. The summed E-state index contributed by atoms with van der Waals surface area (Å²) < 4.78 is 7.52. The van der Waals surface area contributed by atoms with Crippen LogP contribution in [-0.2, 0) is 0 Å². The highest BCUT2D eigenvalue weighted by Crippen LogP contribution is 2.35. The van der Waals surface area contributed by atoms with E-state index >= 15 is 0 Å². The molecule has 4 aromatic rings. The Balaban J connectivity index is 2.02. The molecule has 8 heteroatoms. The second kappa shape index (κ2) is 6.48. The average Bonchev–Trinajstić information content (AvgIpc) is 3.07. The van der Waals surface area contributed by atoms with E-state index in [1.54, 1.807) is 23.5 Å². The predicted molar refractivity (Wildman–Crippen MR) is 101 cm³/mol. The number of hydrogen-bond donors (Lipinski definition) is 0. The summed E-state index contributed by atoms with van der Waals surface area (Å²) in [6, 6.07) is 14.9. The molecule has 0 bridgehead atoms. The molecule has 28 heavy (non-hydrogen) atoms. The number of nitro groups is 1. The Morgan fingerprint density at radius 3 is 2.75 bits per heavy atom. The van der Waals surface area contributed by atoms with Gasteiger partial charge in [0.15, 0.2) is 5.65 Å². The number of carbonyl (C=O) groups is 1. The van der Waals surface area contributed by atoms with E-state index in [4.69, 9.17) is 4.74 Å². The zero-order valence-corrected chi connectivity index (χ0v) is 14.6. The minimum atomic E-state index is -0.580. The van der Waals surface area contributed by atoms with Gasteiger partial charge < -0.3 is 4.74 Å². The van der Waals surface area contributed by atoms with Crippen molar-refractivity contribution in [3.63, 3.8) is 0 Å². The van der Waals surface area contributed by atoms with Crippen LogP contribution in [0.25, 0.3) is 16.7 Å². The van der Waals surface area contributed by atoms with Gasteiger partial charge in [-0.1, -0.05) is 12.1 Å². The van der Waals surface area contributed by atoms with Gasteiger partial charge in [-0.15, -0.1) is 0 Å². The summed E-state index contributed by atoms with van der Waals surface area (Å²) in [6.45, 7) is 1.74. The van der Waals surface area contributed by atoms with Gasteiger partial charge in [-0.2, -0.15) is 5.26 Å². The Morgan fingerprint density at radius 1 is 1.25 bits per heavy atom. The first-order valence-electron chi connectivity index (χ1n) is 8.26. The average molecular weight is 372 g/mol. The highest BCUT2D eigenvalue weighted by molar-refractivity contribution is 5.84. The smallest absolute Gasteiger partial charge is 0.311 e. The molecule has 0 aliphatic heterocycles. The van der Waals surface area contributed by atoms with Gasteiger partial charge in [0.05, 0.1) is 21.5 Å². The van der Waals surface area contributed by atoms with Crippen molar-refractivity contribution in [2.24, 2.45) is 0 Å². The number of nitrogens with zero attached hydrogens (tertiary/aromatic N) is 4. The van der Waals surface area contributed by atoms with E-state index in [0.717, 1.165) is 0 Å². The molecule has 0 radical (unpaired) electrons. The Morgan fingerprint density at radius 2 is 2.04 bits per heavy atom. The Kier molecular flexibility index (Phi) is 3.98. The summed E-state index contributed by atoms with van der Waals surface area (Å²) in [4.78, 5) is 26.4. The molecule has 2 aromatic heterocycles. The first-order valence-corrected chi connectivity index (χ1v) is 8.26. The van der Waals surface area contributed by atoms with Gasteiger partial charge in [0.2, 0.25) is 11.6 Å². The van der Waals surface area contributed by atoms with Crippen LogP contribution in [0.2, 0.25) is 0 Å². The van der Waals surface area contributed by atoms with Crippen LogP contribution in [0.15, 0.2) is 48.5 Å². The van der Waals surface area contributed by atoms with Crippen LogP contribution in [0.5, 0.6) is 11.6 Å². The molecule has 0 saturated carbocycles. The predicted octanol–water partition coefficient (Wildman–Crippen LogP) is 4.18. The van der Waals surface area contributed by atoms with E-state index in [1.807, 2.05) is 18.2 Å². The molecule has 0 aliphatic rings. The number of nitro benzene ring substituents is 1. The van der Waals surface area contributed by atoms with Gasteiger partial charge in [-0.05, 0) is 36.8 Å². The van der Waals surface area contributed by atoms with Crippen LogP contribution in [-0.4, -0.2) is 20.6 Å². The molecular formula is C20H12N4O4. The quantitative estimate of drug-likeness (QED) is 0.302. The molecule has 0 aliphatic carbocycles. The van der Waals surface area contributed by atoms with Crippen LogP contribution < -0.4 is 4.74 Å². The molecule has 4 rings (SSSR count). The van der Waals surface area contributed by atoms with Crippen molar-refractivity contribution < 1.29 is 14.5 Å². The number of ether oxygens (including phenoxy) is 1. The lowest BCUT2D eigenvalue weighted by Crippen LogP contribution is -2.01. The number of para-hydroxylation sites is 2. The number of aryl methyl sites for hydroxylation is 1. The molecule has 0 atom stereocenters. The maximum absolute atomic E-state index is 11.4. The lowest BCUT2D eigenvalue weighted by molar-refractivity contribution is -0.385. The molecule has 0 unspecified atom stereocenters. The number of nitriles is 1. The third-order valence-corrected chi connectivity index (χ3v) is 4.38. The minimum absolute atomic E-state index is 0.0715. The van der Waals surface area contributed by atoms with E-state index in [0.29, 0.717) is 34.1 Å². The standard InChI is InChI=1S/C20H12N4O4/c1-12-8-19(28-18-9-13(11-25)6-7-17(18)24(26)27)23-16-5-3-2-4-15(16)22-20(23)14(12)10-21/h2-9,11H,1H3. The molecule has 136 valence electrons. The normalized spacial score (nSPS) is 10.7. The Bertz CT molecular complexity index is 1320. The summed E-state index contributed by atoms with van der Waals surface area (Å²) in [6.07, 6.45) is 0.586. The van der Waals surface area contributed by atoms with Crippen LogP contribution in [0.1, 0.15) is 21.5 Å². The fourth-order valence-electron chi connectivity index (χ4n) is 3.08. The first-order chi connectivity index (χ1) is 13.5. The van der Waals surface area contributed by atoms with Crippen molar-refractivity contribution in [1.29, 1.82) is 5.26 Å². The summed E-state index contributed by atoms with van der Waals surface area (Å²) in [5.41, 5.74) is 2.73. The molecule has 0 spiro atoms. The number of hydrogen-bond acceptors (Lipinski definition) is 6. The Labute approximate surface area is 158 Å². The summed E-state index contributed by atoms with van der Waals surface area (Å²) in [5.74, 6) is 0.184. The topological polar surface area (TPSA) is 111 Å². The van der Waals surface area contributed by atoms with Crippen molar-refractivity contribution >= 4 is 28.7 Å². The number of rotatable bonds is 4. The van der Waals surface area contributed by atoms with Crippen LogP contribution in [0.3, 0.4) is 0 Å². The Hall–Kier alpha value is -4.25. The number of carbonyl (C=O) groups excluding carboxylic acids is 1. The van der Waals surface area contributed by atoms with Crippen LogP contribution >= 0.6 is 0 Å². The van der Waals surface area contributed by atoms with E-state index < -0.39 is 4.92 Å². The fraction of sp³-hybridized carbons (Fsp3) is 0.0500. The maximum Gasteiger partial charge on any atom is 0.311 e. The summed E-state index contributed by atoms with van der Waals surface area (Å²) in [7, 11) is 0. The second-order valence-electron chi connectivity index (χ2n) is 6.12. The zero-order valence-electron chi connectivity index (χ0n) is 14.6. The third-order valence-electron chi connectivity index (χ3n) is 4.38. The SMILES string of the molecule is Cc1cc(Oc2cc(C=O)ccc2[N+](=O)[O-])n2c(nc3ccccc32)c1C#N. The highest BCUT2D eigenvalue weighted by Gasteiger charge is 2.21. The van der Waals surface area contributed by atoms with Gasteiger partial charge in [0, 0.05) is 17.7 Å². The number of benzene rings is 2. The molecule has 0 saturated heterocycles. The number of pyridine rings is 1. The molecule has 2 aromatic carbocycles. The summed E-state index contributed by atoms with van der Waals surface area (Å²) >= 11 is 0. The van der Waals surface area contributed by atoms with Gasteiger partial charge in [0.1, 0.15) is 12.4 Å². The van der Waals surface area contributed by atoms with Crippen molar-refractivity contribution in [3.05, 3.63) is 75.3 Å². The lowest BCUT2D eigenvalue weighted by Gasteiger charge is -2.12. The van der Waals surface area contributed by atoms with Gasteiger partial charge in [0.25, 0.3) is 0 Å². The van der Waals surface area contributed by atoms with E-state index in [-0.39, 0.29) is 22.9 Å². The fourth-order valence-corrected chi connectivity index (χ4v) is 3.08. The monoisotopic (exact) mass is 372 g/mol. The zero-order chi connectivity index (χ0) is 19.8. The molecule has 0 N–H and O–H groups in total. The van der Waals surface area contributed by atoms with Crippen LogP contribution in [0.4, 0.5) is 5.69 Å². The van der Waals surface area contributed by atoms with Crippen molar-refractivity contribution in [1.82, 2.24) is 9.38 Å². The number of aromatic nitrogens is 2. The van der Waals surface area contributed by atoms with Gasteiger partial charge in [-0.25, -0.2) is 4.98 Å². The molecular weight excluding hydrogens is 360 g/mol. The van der Waals surface area contributed by atoms with Crippen molar-refractivity contribution in [3.8, 4) is 17.7 Å². The molecule has 8 nitrogen and oxygen atoms in total. The van der Waals surface area contributed by atoms with Crippen molar-refractivity contribution in [2.75, 3.05) is 0 Å². The molecule has 0 amide bonds. The number of imidazole rings is 1. The highest BCUT2D eigenvalue weighted by atomic mass is 16.6. The van der Waals surface area contributed by atoms with Crippen molar-refractivity contribution in [2.45, 2.75) is 6.92 Å². The minimum Gasteiger partial charge on any atom is -0.433 e. The molecule has 2 heterocycles. The van der Waals surface area contributed by atoms with Gasteiger partial charge in [-0.3, -0.25) is 19.3 Å². The second-order valence-corrected chi connectivity index (χ2v) is 6.12. The maximum atomic E-state index is 11.4. The van der Waals surface area contributed by atoms with E-state index in [9.17, 15) is 20.2 Å². The first kappa shape index (κ1) is 17.2. The van der Waals surface area contributed by atoms with Gasteiger partial charge >= 0.3 is 5.69 Å². The largest absolute Gasteiger partial charge is 0.433 e. The third kappa shape index (κ3) is 2.62.